The zero-order valence-corrected chi connectivity index (χ0v) is 7.59. The molecule has 0 unspecified atom stereocenters. The van der Waals surface area contributed by atoms with E-state index in [9.17, 15) is 18.3 Å². The summed E-state index contributed by atoms with van der Waals surface area (Å²) in [4.78, 5) is 0. The predicted molar refractivity (Wildman–Crippen MR) is 44.4 cm³/mol. The van der Waals surface area contributed by atoms with Crippen LogP contribution in [0.25, 0.3) is 0 Å². The maximum atomic E-state index is 12.4. The summed E-state index contributed by atoms with van der Waals surface area (Å²) in [5.41, 5.74) is -1.50. The molecule has 80 valence electrons. The van der Waals surface area contributed by atoms with Crippen LogP contribution in [0, 0.1) is 11.3 Å². The van der Waals surface area contributed by atoms with Crippen LogP contribution in [0.2, 0.25) is 0 Å². The molecule has 1 aromatic carbocycles. The van der Waals surface area contributed by atoms with E-state index in [0.717, 1.165) is 13.2 Å². The summed E-state index contributed by atoms with van der Waals surface area (Å²) in [6, 6.07) is 3.15. The van der Waals surface area contributed by atoms with Crippen molar-refractivity contribution in [1.82, 2.24) is 0 Å². The Morgan fingerprint density at radius 2 is 2.00 bits per heavy atom. The molecular weight excluding hydrogens is 211 g/mol. The Bertz CT molecular complexity index is 421. The van der Waals surface area contributed by atoms with Crippen LogP contribution in [0.5, 0.6) is 11.5 Å². The second kappa shape index (κ2) is 3.69. The van der Waals surface area contributed by atoms with Crippen LogP contribution in [-0.2, 0) is 6.18 Å². The number of nitrogens with zero attached hydrogens (tertiary/aromatic N) is 1. The smallest absolute Gasteiger partial charge is 0.420 e. The lowest BCUT2D eigenvalue weighted by atomic mass is 10.1. The van der Waals surface area contributed by atoms with Gasteiger partial charge in [-0.3, -0.25) is 0 Å². The Morgan fingerprint density at radius 1 is 1.40 bits per heavy atom. The number of hydrogen-bond donors (Lipinski definition) is 1. The van der Waals surface area contributed by atoms with Crippen molar-refractivity contribution in [2.24, 2.45) is 0 Å². The Hall–Kier alpha value is -1.90. The number of methoxy groups -OCH3 is 1. The Morgan fingerprint density at radius 3 is 2.40 bits per heavy atom. The summed E-state index contributed by atoms with van der Waals surface area (Å²) in [7, 11) is 1.11. The Labute approximate surface area is 83.3 Å². The number of rotatable bonds is 1. The van der Waals surface area contributed by atoms with Crippen LogP contribution in [-0.4, -0.2) is 12.2 Å². The summed E-state index contributed by atoms with van der Waals surface area (Å²) in [5, 5.41) is 17.7. The number of ether oxygens (including phenoxy) is 1. The van der Waals surface area contributed by atoms with Gasteiger partial charge in [-0.1, -0.05) is 0 Å². The SMILES string of the molecule is COc1cc(C#N)cc(C(F)(F)F)c1O. The molecule has 0 bridgehead atoms. The minimum absolute atomic E-state index is 0.225. The highest BCUT2D eigenvalue weighted by Gasteiger charge is 2.35. The van der Waals surface area contributed by atoms with E-state index in [1.165, 1.54) is 0 Å². The number of alkyl halides is 3. The molecular formula is C9H6F3NO2. The minimum atomic E-state index is -4.72. The van der Waals surface area contributed by atoms with Crippen LogP contribution in [0.4, 0.5) is 13.2 Å². The molecule has 0 heterocycles. The quantitative estimate of drug-likeness (QED) is 0.785. The van der Waals surface area contributed by atoms with Gasteiger partial charge < -0.3 is 9.84 Å². The van der Waals surface area contributed by atoms with Gasteiger partial charge in [0.05, 0.1) is 18.7 Å². The van der Waals surface area contributed by atoms with E-state index in [4.69, 9.17) is 5.26 Å². The third-order valence-electron chi connectivity index (χ3n) is 1.73. The van der Waals surface area contributed by atoms with E-state index in [0.29, 0.717) is 6.07 Å². The standard InChI is InChI=1S/C9H6F3NO2/c1-15-7-3-5(4-13)2-6(8(7)14)9(10,11)12/h2-3,14H,1H3. The largest absolute Gasteiger partial charge is 0.504 e. The minimum Gasteiger partial charge on any atom is -0.504 e. The van der Waals surface area contributed by atoms with Gasteiger partial charge in [0.25, 0.3) is 0 Å². The summed E-state index contributed by atoms with van der Waals surface area (Å²) in [6.07, 6.45) is -4.72. The molecule has 0 radical (unpaired) electrons. The number of benzene rings is 1. The number of halogens is 3. The summed E-state index contributed by atoms with van der Waals surface area (Å²) in [6.45, 7) is 0. The van der Waals surface area contributed by atoms with Crippen molar-refractivity contribution in [1.29, 1.82) is 5.26 Å². The van der Waals surface area contributed by atoms with Crippen LogP contribution in [0.15, 0.2) is 12.1 Å². The molecule has 0 saturated carbocycles. The van der Waals surface area contributed by atoms with Gasteiger partial charge in [-0.15, -0.1) is 0 Å². The van der Waals surface area contributed by atoms with Crippen molar-refractivity contribution in [2.75, 3.05) is 7.11 Å². The van der Waals surface area contributed by atoms with Crippen molar-refractivity contribution in [3.05, 3.63) is 23.3 Å². The van der Waals surface area contributed by atoms with E-state index < -0.39 is 17.5 Å². The molecule has 0 aliphatic rings. The molecule has 0 spiro atoms. The second-order valence-electron chi connectivity index (χ2n) is 2.68. The highest BCUT2D eigenvalue weighted by atomic mass is 19.4. The number of aromatic hydroxyl groups is 1. The zero-order valence-electron chi connectivity index (χ0n) is 7.59. The summed E-state index contributed by atoms with van der Waals surface area (Å²) < 4.78 is 41.6. The van der Waals surface area contributed by atoms with E-state index in [1.807, 2.05) is 0 Å². The van der Waals surface area contributed by atoms with E-state index in [1.54, 1.807) is 6.07 Å². The van der Waals surface area contributed by atoms with E-state index in [2.05, 4.69) is 4.74 Å². The zero-order chi connectivity index (χ0) is 11.6. The Balaban J connectivity index is 3.46. The lowest BCUT2D eigenvalue weighted by Crippen LogP contribution is -2.06. The van der Waals surface area contributed by atoms with Crippen LogP contribution in [0.3, 0.4) is 0 Å². The third-order valence-corrected chi connectivity index (χ3v) is 1.73. The Kier molecular flexibility index (Phi) is 2.75. The van der Waals surface area contributed by atoms with Crippen LogP contribution in [0.1, 0.15) is 11.1 Å². The lowest BCUT2D eigenvalue weighted by molar-refractivity contribution is -0.138. The average Bonchev–Trinajstić information content (AvgIpc) is 2.16. The maximum absolute atomic E-state index is 12.4. The van der Waals surface area contributed by atoms with Crippen molar-refractivity contribution in [2.45, 2.75) is 6.18 Å². The van der Waals surface area contributed by atoms with E-state index in [-0.39, 0.29) is 11.3 Å². The molecule has 0 atom stereocenters. The lowest BCUT2D eigenvalue weighted by Gasteiger charge is -2.12. The molecule has 1 aromatic rings. The molecule has 6 heteroatoms. The molecule has 0 aromatic heterocycles. The summed E-state index contributed by atoms with van der Waals surface area (Å²) in [5.74, 6) is -1.38. The first-order valence-corrected chi connectivity index (χ1v) is 3.78. The van der Waals surface area contributed by atoms with Gasteiger partial charge in [0.15, 0.2) is 11.5 Å². The van der Waals surface area contributed by atoms with Gasteiger partial charge in [0, 0.05) is 6.07 Å². The molecule has 15 heavy (non-hydrogen) atoms. The third kappa shape index (κ3) is 2.13. The fraction of sp³-hybridized carbons (Fsp3) is 0.222. The normalized spacial score (nSPS) is 10.9. The second-order valence-corrected chi connectivity index (χ2v) is 2.68. The first-order chi connectivity index (χ1) is 6.90. The molecule has 1 N–H and O–H groups in total. The first-order valence-electron chi connectivity index (χ1n) is 3.78. The first kappa shape index (κ1) is 11.2. The van der Waals surface area contributed by atoms with Gasteiger partial charge >= 0.3 is 6.18 Å². The van der Waals surface area contributed by atoms with Gasteiger partial charge in [0.2, 0.25) is 0 Å². The van der Waals surface area contributed by atoms with Crippen molar-refractivity contribution < 1.29 is 23.0 Å². The van der Waals surface area contributed by atoms with Crippen LogP contribution >= 0.6 is 0 Å². The number of phenols is 1. The topological polar surface area (TPSA) is 53.2 Å². The fourth-order valence-corrected chi connectivity index (χ4v) is 1.04. The number of nitriles is 1. The molecule has 3 nitrogen and oxygen atoms in total. The highest BCUT2D eigenvalue weighted by molar-refractivity contribution is 5.52. The molecule has 0 fully saturated rings. The van der Waals surface area contributed by atoms with Gasteiger partial charge in [-0.2, -0.15) is 18.4 Å². The van der Waals surface area contributed by atoms with Crippen molar-refractivity contribution in [3.63, 3.8) is 0 Å². The highest BCUT2D eigenvalue weighted by Crippen LogP contribution is 2.41. The fourth-order valence-electron chi connectivity index (χ4n) is 1.04. The number of phenolic OH excluding ortho intramolecular Hbond substituents is 1. The van der Waals surface area contributed by atoms with Gasteiger partial charge in [-0.05, 0) is 6.07 Å². The molecule has 0 amide bonds. The summed E-state index contributed by atoms with van der Waals surface area (Å²) >= 11 is 0. The monoisotopic (exact) mass is 217 g/mol. The van der Waals surface area contributed by atoms with Crippen molar-refractivity contribution in [3.8, 4) is 17.6 Å². The van der Waals surface area contributed by atoms with Crippen molar-refractivity contribution >= 4 is 0 Å². The average molecular weight is 217 g/mol. The predicted octanol–water partition coefficient (Wildman–Crippen LogP) is 2.29. The van der Waals surface area contributed by atoms with Crippen LogP contribution < -0.4 is 4.74 Å². The molecule has 0 aliphatic carbocycles. The van der Waals surface area contributed by atoms with E-state index >= 15 is 0 Å². The maximum Gasteiger partial charge on any atom is 0.420 e. The van der Waals surface area contributed by atoms with Gasteiger partial charge in [-0.25, -0.2) is 0 Å². The van der Waals surface area contributed by atoms with Gasteiger partial charge in [0.1, 0.15) is 5.56 Å². The number of hydrogen-bond acceptors (Lipinski definition) is 3. The molecule has 0 aliphatic heterocycles. The molecule has 1 rings (SSSR count). The molecule has 0 saturated heterocycles.